The van der Waals surface area contributed by atoms with E-state index >= 15 is 0 Å². The molecule has 0 fully saturated rings. The normalized spacial score (nSPS) is 3.43. The summed E-state index contributed by atoms with van der Waals surface area (Å²) in [5.74, 6) is 0. The van der Waals surface area contributed by atoms with Gasteiger partial charge in [0.15, 0.2) is 0 Å². The Bertz CT molecular complexity index is 7.51. The second-order valence-corrected chi connectivity index (χ2v) is 1.71. The molecule has 0 heterocycles. The molecule has 0 radical (unpaired) electrons. The minimum Gasteiger partial charge on any atom is -0.0776 e. The molecule has 0 heteroatoms. The van der Waals surface area contributed by atoms with E-state index in [1.54, 1.807) is 0 Å². The van der Waals surface area contributed by atoms with Gasteiger partial charge >= 0.3 is 0 Å². The molecule has 0 atom stereocenters. The quantitative estimate of drug-likeness (QED) is 0.420. The van der Waals surface area contributed by atoms with Crippen molar-refractivity contribution in [3.05, 3.63) is 0 Å². The molecule has 0 aromatic heterocycles. The second kappa shape index (κ2) is 208. The van der Waals surface area contributed by atoms with Gasteiger partial charge < -0.3 is 0 Å². The van der Waals surface area contributed by atoms with E-state index in [0.717, 1.165) is 0 Å². The molecule has 0 bridgehead atoms. The van der Waals surface area contributed by atoms with E-state index in [9.17, 15) is 0 Å². The molecule has 0 N–H and O–H groups in total. The van der Waals surface area contributed by atoms with E-state index in [-0.39, 0.29) is 52.0 Å². The molecular formula is C14H46. The molecule has 0 saturated heterocycles. The van der Waals surface area contributed by atoms with E-state index in [4.69, 9.17) is 0 Å². The maximum absolute atomic E-state index is 2.18. The van der Waals surface area contributed by atoms with Crippen molar-refractivity contribution in [2.45, 2.75) is 98.9 Å². The molecule has 0 unspecified atom stereocenters. The van der Waals surface area contributed by atoms with Gasteiger partial charge in [-0.3, -0.25) is 0 Å². The zero-order valence-electron chi connectivity index (χ0n) is 6.12. The monoisotopic (exact) mass is 214 g/mol. The third kappa shape index (κ3) is 1450. The molecular weight excluding hydrogens is 168 g/mol. The Morgan fingerprint density at radius 2 is 0.500 bits per heavy atom. The summed E-state index contributed by atoms with van der Waals surface area (Å²) in [7, 11) is 0. The zero-order valence-corrected chi connectivity index (χ0v) is 6.12. The van der Waals surface area contributed by atoms with Gasteiger partial charge in [-0.1, -0.05) is 98.9 Å². The topological polar surface area (TPSA) is 0 Å². The zero-order chi connectivity index (χ0) is 6.12. The van der Waals surface area contributed by atoms with Gasteiger partial charge in [0, 0.05) is 0 Å². The van der Waals surface area contributed by atoms with Crippen LogP contribution in [0.15, 0.2) is 0 Å². The highest BCUT2D eigenvalue weighted by atomic mass is 13.6. The van der Waals surface area contributed by atoms with E-state index < -0.39 is 0 Å². The Balaban J connectivity index is -0.00000000344. The molecule has 0 aromatic rings. The van der Waals surface area contributed by atoms with Crippen molar-refractivity contribution in [3.8, 4) is 0 Å². The summed E-state index contributed by atoms with van der Waals surface area (Å²) < 4.78 is 0. The van der Waals surface area contributed by atoms with E-state index in [1.165, 1.54) is 19.3 Å². The van der Waals surface area contributed by atoms with Gasteiger partial charge in [0.25, 0.3) is 0 Å². The fourth-order valence-corrected chi connectivity index (χ4v) is 0. The number of rotatable bonds is 1. The van der Waals surface area contributed by atoms with Crippen molar-refractivity contribution in [2.24, 2.45) is 0 Å². The van der Waals surface area contributed by atoms with Gasteiger partial charge in [-0.25, -0.2) is 0 Å². The Morgan fingerprint density at radius 1 is 0.429 bits per heavy atom. The van der Waals surface area contributed by atoms with Crippen molar-refractivity contribution in [2.75, 3.05) is 0 Å². The van der Waals surface area contributed by atoms with Crippen LogP contribution in [-0.2, 0) is 0 Å². The number of unbranched alkanes of at least 4 members (excludes halogenated alkanes) is 1. The first-order valence-corrected chi connectivity index (χ1v) is 3.33. The smallest absolute Gasteiger partial charge is 0.0564 e. The van der Waals surface area contributed by atoms with Crippen LogP contribution in [-0.4, -0.2) is 0 Å². The van der Waals surface area contributed by atoms with Gasteiger partial charge in [0.2, 0.25) is 0 Å². The summed E-state index contributed by atoms with van der Waals surface area (Å²) >= 11 is 0. The molecule has 0 aromatic carbocycles. The van der Waals surface area contributed by atoms with Gasteiger partial charge in [-0.15, -0.1) is 0 Å². The Labute approximate surface area is 99.5 Å². The van der Waals surface area contributed by atoms with Crippen LogP contribution in [0, 0.1) is 0 Å². The molecule has 14 heavy (non-hydrogen) atoms. The molecule has 0 aliphatic heterocycles. The van der Waals surface area contributed by atoms with Crippen LogP contribution >= 0.6 is 0 Å². The lowest BCUT2D eigenvalue weighted by Gasteiger charge is -1.68. The molecule has 0 rings (SSSR count). The molecule has 0 aliphatic rings. The summed E-state index contributed by atoms with van der Waals surface area (Å²) in [5.41, 5.74) is 0. The average Bonchev–Trinajstić information content (AvgIpc) is 1.69. The van der Waals surface area contributed by atoms with Crippen LogP contribution in [0.25, 0.3) is 0 Å². The van der Waals surface area contributed by atoms with Crippen LogP contribution in [0.5, 0.6) is 0 Å². The average molecular weight is 215 g/mol. The summed E-state index contributed by atoms with van der Waals surface area (Å²) in [6, 6.07) is 0. The van der Waals surface area contributed by atoms with Crippen LogP contribution in [0.1, 0.15) is 98.9 Å². The van der Waals surface area contributed by atoms with Crippen molar-refractivity contribution < 1.29 is 0 Å². The minimum atomic E-state index is 0. The number of hydrogen-bond donors (Lipinski definition) is 0. The summed E-state index contributed by atoms with van der Waals surface area (Å²) in [5, 5.41) is 0. The molecule has 0 nitrogen and oxygen atoms in total. The Hall–Kier alpha value is 0. The lowest BCUT2D eigenvalue weighted by Crippen LogP contribution is -1.47. The highest BCUT2D eigenvalue weighted by molar-refractivity contribution is 4.12. The number of hydrogen-bond acceptors (Lipinski definition) is 0. The lowest BCUT2D eigenvalue weighted by molar-refractivity contribution is 0.886. The predicted octanol–water partition coefficient (Wildman–Crippen LogP) is 7.68. The van der Waals surface area contributed by atoms with Gasteiger partial charge in [-0.2, -0.15) is 0 Å². The highest BCUT2D eigenvalue weighted by Crippen LogP contribution is 1.76. The van der Waals surface area contributed by atoms with Crippen molar-refractivity contribution >= 4 is 0 Å². The van der Waals surface area contributed by atoms with Crippen LogP contribution in [0.2, 0.25) is 0 Å². The first-order valence-electron chi connectivity index (χ1n) is 3.33. The fraction of sp³-hybridized carbons (Fsp3) is 1.00. The second-order valence-electron chi connectivity index (χ2n) is 1.71. The summed E-state index contributed by atoms with van der Waals surface area (Å²) in [6.07, 6.45) is 3.89. The van der Waals surface area contributed by atoms with Crippen LogP contribution in [0.3, 0.4) is 0 Å². The largest absolute Gasteiger partial charge is 0.0776 e. The van der Waals surface area contributed by atoms with Crippen LogP contribution < -0.4 is 0 Å². The van der Waals surface area contributed by atoms with E-state index in [1.807, 2.05) is 0 Å². The van der Waals surface area contributed by atoms with Gasteiger partial charge in [-0.05, 0) is 0 Å². The van der Waals surface area contributed by atoms with Crippen molar-refractivity contribution in [3.63, 3.8) is 0 Å². The molecule has 102 valence electrons. The maximum Gasteiger partial charge on any atom is -0.0564 e. The Kier molecular flexibility index (Phi) is 1410. The van der Waals surface area contributed by atoms with Gasteiger partial charge in [0.1, 0.15) is 0 Å². The SMILES string of the molecule is C.C.C.C.C.C.C.CCC.CCCC. The van der Waals surface area contributed by atoms with Crippen molar-refractivity contribution in [1.29, 1.82) is 0 Å². The maximum atomic E-state index is 2.18. The molecule has 0 saturated carbocycles. The highest BCUT2D eigenvalue weighted by Gasteiger charge is 1.56. The molecule has 0 aliphatic carbocycles. The lowest BCUT2D eigenvalue weighted by atomic mass is 10.4. The predicted molar refractivity (Wildman–Crippen MR) is 83.7 cm³/mol. The molecule has 0 amide bonds. The Morgan fingerprint density at radius 3 is 0.500 bits per heavy atom. The van der Waals surface area contributed by atoms with E-state index in [2.05, 4.69) is 27.7 Å². The summed E-state index contributed by atoms with van der Waals surface area (Å²) in [4.78, 5) is 0. The molecule has 0 spiro atoms. The third-order valence-electron chi connectivity index (χ3n) is 0.500. The minimum absolute atomic E-state index is 0. The van der Waals surface area contributed by atoms with Crippen molar-refractivity contribution in [1.82, 2.24) is 0 Å². The summed E-state index contributed by atoms with van der Waals surface area (Å²) in [6.45, 7) is 8.61. The fourth-order valence-electron chi connectivity index (χ4n) is 0. The van der Waals surface area contributed by atoms with E-state index in [0.29, 0.717) is 0 Å². The van der Waals surface area contributed by atoms with Crippen LogP contribution in [0.4, 0.5) is 0 Å². The van der Waals surface area contributed by atoms with Gasteiger partial charge in [0.05, 0.1) is 0 Å². The third-order valence-corrected chi connectivity index (χ3v) is 0.500. The first-order chi connectivity index (χ1) is 3.33. The first kappa shape index (κ1) is 94.6. The standard InChI is InChI=1S/C4H10.C3H8.7CH4/c1-3-4-2;1-3-2;;;;;;;/h3-4H2,1-2H3;3H2,1-2H3;7*1H4.